The summed E-state index contributed by atoms with van der Waals surface area (Å²) in [7, 11) is 0. The van der Waals surface area contributed by atoms with Crippen molar-refractivity contribution in [2.45, 2.75) is 38.0 Å². The van der Waals surface area contributed by atoms with E-state index in [1.807, 2.05) is 6.92 Å². The van der Waals surface area contributed by atoms with Gasteiger partial charge in [0.05, 0.1) is 11.5 Å². The molecule has 1 saturated carbocycles. The van der Waals surface area contributed by atoms with Crippen molar-refractivity contribution in [3.63, 3.8) is 0 Å². The maximum Gasteiger partial charge on any atom is 0.133 e. The second-order valence-electron chi connectivity index (χ2n) is 4.69. The number of hydrogen-bond donors (Lipinski definition) is 0. The highest BCUT2D eigenvalue weighted by molar-refractivity contribution is 5.80. The fraction of sp³-hybridized carbons (Fsp3) is 0.429. The second-order valence-corrected chi connectivity index (χ2v) is 4.69. The Labute approximate surface area is 100 Å². The zero-order valence-electron chi connectivity index (χ0n) is 9.79. The van der Waals surface area contributed by atoms with E-state index in [1.54, 1.807) is 6.07 Å². The van der Waals surface area contributed by atoms with Crippen LogP contribution in [0, 0.1) is 24.1 Å². The van der Waals surface area contributed by atoms with Crippen molar-refractivity contribution >= 4 is 5.78 Å². The molecule has 17 heavy (non-hydrogen) atoms. The lowest BCUT2D eigenvalue weighted by Crippen LogP contribution is -2.31. The minimum Gasteiger partial charge on any atom is -0.300 e. The number of nitrogens with zero attached hydrogens (tertiary/aromatic N) is 1. The van der Waals surface area contributed by atoms with E-state index >= 15 is 0 Å². The number of aryl methyl sites for hydroxylation is 1. The van der Waals surface area contributed by atoms with Crippen LogP contribution in [0.3, 0.4) is 0 Å². The average Bonchev–Trinajstić information content (AvgIpc) is 2.34. The summed E-state index contributed by atoms with van der Waals surface area (Å²) < 4.78 is 13.3. The molecule has 0 unspecified atom stereocenters. The van der Waals surface area contributed by atoms with Crippen molar-refractivity contribution in [2.24, 2.45) is 0 Å². The van der Waals surface area contributed by atoms with Crippen LogP contribution in [0.4, 0.5) is 4.39 Å². The number of rotatable bonds is 1. The smallest absolute Gasteiger partial charge is 0.133 e. The number of Topliss-reactive ketones (excluding diaryl/α,β-unsaturated/α-hetero) is 1. The van der Waals surface area contributed by atoms with Gasteiger partial charge in [-0.25, -0.2) is 4.39 Å². The van der Waals surface area contributed by atoms with Gasteiger partial charge in [-0.1, -0.05) is 6.07 Å². The Morgan fingerprint density at radius 1 is 1.35 bits per heavy atom. The lowest BCUT2D eigenvalue weighted by atomic mass is 9.69. The maximum absolute atomic E-state index is 13.3. The average molecular weight is 231 g/mol. The van der Waals surface area contributed by atoms with Crippen LogP contribution in [0.1, 0.15) is 36.8 Å². The van der Waals surface area contributed by atoms with Crippen molar-refractivity contribution < 1.29 is 9.18 Å². The van der Waals surface area contributed by atoms with Crippen LogP contribution in [-0.2, 0) is 10.2 Å². The Morgan fingerprint density at radius 3 is 2.59 bits per heavy atom. The van der Waals surface area contributed by atoms with E-state index in [9.17, 15) is 14.4 Å². The van der Waals surface area contributed by atoms with Gasteiger partial charge in [-0.15, -0.1) is 0 Å². The number of carbonyl (C=O) groups is 1. The van der Waals surface area contributed by atoms with Gasteiger partial charge < -0.3 is 0 Å². The molecule has 0 N–H and O–H groups in total. The Bertz CT molecular complexity index is 491. The van der Waals surface area contributed by atoms with Gasteiger partial charge in [0, 0.05) is 12.8 Å². The quantitative estimate of drug-likeness (QED) is 0.745. The third-order valence-electron chi connectivity index (χ3n) is 3.59. The number of ketones is 1. The van der Waals surface area contributed by atoms with Crippen LogP contribution in [0.2, 0.25) is 0 Å². The Kier molecular flexibility index (Phi) is 2.97. The third kappa shape index (κ3) is 2.08. The zero-order chi connectivity index (χ0) is 12.5. The molecule has 0 amide bonds. The van der Waals surface area contributed by atoms with Gasteiger partial charge in [-0.3, -0.25) is 4.79 Å². The number of carbonyl (C=O) groups excluding carboxylic acids is 1. The number of nitriles is 1. The fourth-order valence-corrected chi connectivity index (χ4v) is 2.51. The molecule has 1 aliphatic rings. The van der Waals surface area contributed by atoms with Gasteiger partial charge in [0.2, 0.25) is 0 Å². The molecule has 0 aliphatic heterocycles. The molecule has 2 nitrogen and oxygen atoms in total. The molecule has 88 valence electrons. The van der Waals surface area contributed by atoms with Crippen LogP contribution in [-0.4, -0.2) is 5.78 Å². The molecular weight excluding hydrogens is 217 g/mol. The highest BCUT2D eigenvalue weighted by Gasteiger charge is 2.37. The summed E-state index contributed by atoms with van der Waals surface area (Å²) in [5, 5.41) is 9.41. The van der Waals surface area contributed by atoms with Crippen molar-refractivity contribution in [2.75, 3.05) is 0 Å². The molecule has 0 heterocycles. The number of hydrogen-bond acceptors (Lipinski definition) is 2. The van der Waals surface area contributed by atoms with Gasteiger partial charge in [0.1, 0.15) is 11.6 Å². The molecule has 0 radical (unpaired) electrons. The van der Waals surface area contributed by atoms with E-state index in [0.717, 1.165) is 11.1 Å². The van der Waals surface area contributed by atoms with E-state index in [4.69, 9.17) is 0 Å². The molecule has 0 saturated heterocycles. The molecule has 0 bridgehead atoms. The molecule has 1 fully saturated rings. The van der Waals surface area contributed by atoms with Gasteiger partial charge in [-0.2, -0.15) is 5.26 Å². The molecule has 1 aliphatic carbocycles. The van der Waals surface area contributed by atoms with Crippen LogP contribution >= 0.6 is 0 Å². The molecular formula is C14H14FNO. The standard InChI is InChI=1S/C14H14FNO/c1-10-2-3-11(15)8-13(10)14(9-16)6-4-12(17)5-7-14/h2-3,8H,4-7H2,1H3. The molecule has 0 aromatic heterocycles. The van der Waals surface area contributed by atoms with Crippen LogP contribution in [0.5, 0.6) is 0 Å². The summed E-state index contributed by atoms with van der Waals surface area (Å²) in [6.45, 7) is 1.88. The molecule has 2 rings (SSSR count). The van der Waals surface area contributed by atoms with Gasteiger partial charge in [0.25, 0.3) is 0 Å². The first-order valence-corrected chi connectivity index (χ1v) is 5.77. The first kappa shape index (κ1) is 11.8. The maximum atomic E-state index is 13.3. The highest BCUT2D eigenvalue weighted by Crippen LogP contribution is 2.39. The van der Waals surface area contributed by atoms with E-state index in [2.05, 4.69) is 6.07 Å². The lowest BCUT2D eigenvalue weighted by molar-refractivity contribution is -0.120. The molecule has 1 aromatic rings. The minimum atomic E-state index is -0.680. The third-order valence-corrected chi connectivity index (χ3v) is 3.59. The molecule has 1 aromatic carbocycles. The van der Waals surface area contributed by atoms with Gasteiger partial charge >= 0.3 is 0 Å². The largest absolute Gasteiger partial charge is 0.300 e. The van der Waals surface area contributed by atoms with E-state index in [0.29, 0.717) is 25.7 Å². The Balaban J connectivity index is 2.45. The predicted molar refractivity (Wildman–Crippen MR) is 61.9 cm³/mol. The van der Waals surface area contributed by atoms with Gasteiger partial charge in [-0.05, 0) is 43.0 Å². The van der Waals surface area contributed by atoms with E-state index < -0.39 is 5.41 Å². The normalized spacial score (nSPS) is 18.8. The lowest BCUT2D eigenvalue weighted by Gasteiger charge is -2.31. The van der Waals surface area contributed by atoms with Gasteiger partial charge in [0.15, 0.2) is 0 Å². The monoisotopic (exact) mass is 231 g/mol. The summed E-state index contributed by atoms with van der Waals surface area (Å²) >= 11 is 0. The summed E-state index contributed by atoms with van der Waals surface area (Å²) in [6.07, 6.45) is 1.85. The highest BCUT2D eigenvalue weighted by atomic mass is 19.1. The topological polar surface area (TPSA) is 40.9 Å². The fourth-order valence-electron chi connectivity index (χ4n) is 2.51. The SMILES string of the molecule is Cc1ccc(F)cc1C1(C#N)CCC(=O)CC1. The first-order chi connectivity index (χ1) is 8.07. The van der Waals surface area contributed by atoms with E-state index in [1.165, 1.54) is 12.1 Å². The Morgan fingerprint density at radius 2 is 2.00 bits per heavy atom. The van der Waals surface area contributed by atoms with Crippen molar-refractivity contribution in [1.82, 2.24) is 0 Å². The first-order valence-electron chi connectivity index (χ1n) is 5.77. The Hall–Kier alpha value is -1.69. The summed E-state index contributed by atoms with van der Waals surface area (Å²) in [4.78, 5) is 11.3. The van der Waals surface area contributed by atoms with Crippen molar-refractivity contribution in [3.8, 4) is 6.07 Å². The van der Waals surface area contributed by atoms with Crippen LogP contribution in [0.15, 0.2) is 18.2 Å². The van der Waals surface area contributed by atoms with Crippen molar-refractivity contribution in [3.05, 3.63) is 35.1 Å². The van der Waals surface area contributed by atoms with Crippen LogP contribution < -0.4 is 0 Å². The summed E-state index contributed by atoms with van der Waals surface area (Å²) in [6, 6.07) is 6.84. The van der Waals surface area contributed by atoms with Crippen LogP contribution in [0.25, 0.3) is 0 Å². The number of halogens is 1. The minimum absolute atomic E-state index is 0.199. The summed E-state index contributed by atoms with van der Waals surface area (Å²) in [5.41, 5.74) is 0.981. The van der Waals surface area contributed by atoms with Crippen molar-refractivity contribution in [1.29, 1.82) is 5.26 Å². The molecule has 0 spiro atoms. The molecule has 3 heteroatoms. The zero-order valence-corrected chi connectivity index (χ0v) is 9.79. The molecule has 0 atom stereocenters. The summed E-state index contributed by atoms with van der Waals surface area (Å²) in [5.74, 6) is -0.123. The van der Waals surface area contributed by atoms with E-state index in [-0.39, 0.29) is 11.6 Å². The predicted octanol–water partition coefficient (Wildman–Crippen LogP) is 3.04. The number of benzene rings is 1. The second kappa shape index (κ2) is 4.29.